The van der Waals surface area contributed by atoms with Gasteiger partial charge in [0.1, 0.15) is 5.75 Å². The molecule has 3 aromatic rings. The first-order valence-corrected chi connectivity index (χ1v) is 10.6. The molecule has 4 rings (SSSR count). The standard InChI is InChI=1S/C23H20F3NO3S/c24-23(25,26)17-6-7-21(30-9-8-19-5-2-10-31-19)20(12-17)15-3-1-4-18(11-15)27-13-16(14-27)22(28)29/h1-7,10-12,16H,8-9,13-14H2,(H,28,29). The van der Waals surface area contributed by atoms with Crippen molar-refractivity contribution >= 4 is 23.0 Å². The topological polar surface area (TPSA) is 49.8 Å². The molecule has 1 fully saturated rings. The van der Waals surface area contributed by atoms with Crippen molar-refractivity contribution in [2.45, 2.75) is 12.6 Å². The van der Waals surface area contributed by atoms with E-state index in [1.165, 1.54) is 6.07 Å². The zero-order chi connectivity index (χ0) is 22.0. The monoisotopic (exact) mass is 447 g/mol. The van der Waals surface area contributed by atoms with Crippen molar-refractivity contribution in [3.8, 4) is 16.9 Å². The van der Waals surface area contributed by atoms with Crippen LogP contribution in [0.1, 0.15) is 10.4 Å². The lowest BCUT2D eigenvalue weighted by Crippen LogP contribution is -2.50. The predicted molar refractivity (Wildman–Crippen MR) is 114 cm³/mol. The van der Waals surface area contributed by atoms with E-state index in [-0.39, 0.29) is 0 Å². The molecular weight excluding hydrogens is 427 g/mol. The van der Waals surface area contributed by atoms with Crippen LogP contribution in [0.15, 0.2) is 60.0 Å². The highest BCUT2D eigenvalue weighted by molar-refractivity contribution is 7.09. The summed E-state index contributed by atoms with van der Waals surface area (Å²) in [5.74, 6) is -0.881. The summed E-state index contributed by atoms with van der Waals surface area (Å²) in [5.41, 5.74) is 0.983. The average molecular weight is 447 g/mol. The molecule has 1 aliphatic heterocycles. The molecule has 4 nitrogen and oxygen atoms in total. The lowest BCUT2D eigenvalue weighted by molar-refractivity contribution is -0.142. The van der Waals surface area contributed by atoms with Crippen LogP contribution in [0.2, 0.25) is 0 Å². The number of aliphatic carboxylic acids is 1. The summed E-state index contributed by atoms with van der Waals surface area (Å²) in [6, 6.07) is 14.5. The Kier molecular flexibility index (Phi) is 5.91. The van der Waals surface area contributed by atoms with Gasteiger partial charge < -0.3 is 14.7 Å². The Morgan fingerprint density at radius 1 is 1.13 bits per heavy atom. The summed E-state index contributed by atoms with van der Waals surface area (Å²) in [7, 11) is 0. The molecule has 0 bridgehead atoms. The molecule has 162 valence electrons. The zero-order valence-electron chi connectivity index (χ0n) is 16.4. The minimum absolute atomic E-state index is 0.352. The van der Waals surface area contributed by atoms with E-state index in [4.69, 9.17) is 9.84 Å². The van der Waals surface area contributed by atoms with Crippen LogP contribution >= 0.6 is 11.3 Å². The number of carboxylic acid groups (broad SMARTS) is 1. The van der Waals surface area contributed by atoms with Crippen LogP contribution in [0, 0.1) is 5.92 Å². The van der Waals surface area contributed by atoms with Crippen LogP contribution in [-0.4, -0.2) is 30.8 Å². The van der Waals surface area contributed by atoms with Crippen LogP contribution in [0.25, 0.3) is 11.1 Å². The minimum Gasteiger partial charge on any atom is -0.493 e. The van der Waals surface area contributed by atoms with Crippen molar-refractivity contribution in [2.75, 3.05) is 24.6 Å². The Bertz CT molecular complexity index is 1060. The van der Waals surface area contributed by atoms with Crippen molar-refractivity contribution in [3.63, 3.8) is 0 Å². The summed E-state index contributed by atoms with van der Waals surface area (Å²) >= 11 is 1.60. The lowest BCUT2D eigenvalue weighted by Gasteiger charge is -2.38. The summed E-state index contributed by atoms with van der Waals surface area (Å²) in [5, 5.41) is 11.0. The van der Waals surface area contributed by atoms with Gasteiger partial charge in [-0.25, -0.2) is 0 Å². The summed E-state index contributed by atoms with van der Waals surface area (Å²) in [4.78, 5) is 14.1. The third kappa shape index (κ3) is 4.85. The summed E-state index contributed by atoms with van der Waals surface area (Å²) in [6.45, 7) is 1.11. The number of carbonyl (C=O) groups is 1. The van der Waals surface area contributed by atoms with E-state index in [2.05, 4.69) is 0 Å². The van der Waals surface area contributed by atoms with Crippen molar-refractivity contribution in [3.05, 3.63) is 70.4 Å². The van der Waals surface area contributed by atoms with Crippen LogP contribution in [0.5, 0.6) is 5.75 Å². The molecule has 0 spiro atoms. The number of nitrogens with zero attached hydrogens (tertiary/aromatic N) is 1. The maximum Gasteiger partial charge on any atom is 0.416 e. The van der Waals surface area contributed by atoms with Crippen molar-refractivity contribution in [1.29, 1.82) is 0 Å². The zero-order valence-corrected chi connectivity index (χ0v) is 17.2. The van der Waals surface area contributed by atoms with Gasteiger partial charge in [0.15, 0.2) is 0 Å². The third-order valence-electron chi connectivity index (χ3n) is 5.25. The van der Waals surface area contributed by atoms with Crippen molar-refractivity contribution in [2.24, 2.45) is 5.92 Å². The molecule has 0 aliphatic carbocycles. The Morgan fingerprint density at radius 3 is 2.61 bits per heavy atom. The number of rotatable bonds is 7. The number of benzene rings is 2. The van der Waals surface area contributed by atoms with Crippen LogP contribution in [0.4, 0.5) is 18.9 Å². The minimum atomic E-state index is -4.46. The molecule has 1 saturated heterocycles. The maximum absolute atomic E-state index is 13.3. The normalized spacial score (nSPS) is 14.4. The first-order valence-electron chi connectivity index (χ1n) is 9.76. The number of hydrogen-bond acceptors (Lipinski definition) is 4. The quantitative estimate of drug-likeness (QED) is 0.514. The third-order valence-corrected chi connectivity index (χ3v) is 6.18. The number of halogens is 3. The van der Waals surface area contributed by atoms with Gasteiger partial charge in [0.2, 0.25) is 0 Å². The molecule has 2 heterocycles. The molecular formula is C23H20F3NO3S. The fourth-order valence-electron chi connectivity index (χ4n) is 3.49. The van der Waals surface area contributed by atoms with Gasteiger partial charge in [-0.1, -0.05) is 18.2 Å². The Balaban J connectivity index is 1.60. The average Bonchev–Trinajstić information content (AvgIpc) is 3.20. The number of hydrogen-bond donors (Lipinski definition) is 1. The number of alkyl halides is 3. The molecule has 31 heavy (non-hydrogen) atoms. The van der Waals surface area contributed by atoms with Gasteiger partial charge in [0, 0.05) is 35.6 Å². The number of ether oxygens (including phenoxy) is 1. The molecule has 0 atom stereocenters. The SMILES string of the molecule is O=C(O)C1CN(c2cccc(-c3cc(C(F)(F)F)ccc3OCCc3cccs3)c2)C1. The molecule has 1 aromatic heterocycles. The molecule has 2 aromatic carbocycles. The molecule has 1 aliphatic rings. The van der Waals surface area contributed by atoms with Gasteiger partial charge in [0.25, 0.3) is 0 Å². The van der Waals surface area contributed by atoms with E-state index in [1.54, 1.807) is 29.5 Å². The molecule has 8 heteroatoms. The number of carboxylic acids is 1. The van der Waals surface area contributed by atoms with E-state index in [0.717, 1.165) is 22.7 Å². The highest BCUT2D eigenvalue weighted by Gasteiger charge is 2.33. The molecule has 0 saturated carbocycles. The Hall–Kier alpha value is -3.00. The molecule has 1 N–H and O–H groups in total. The first-order chi connectivity index (χ1) is 14.8. The second-order valence-electron chi connectivity index (χ2n) is 7.38. The first kappa shape index (κ1) is 21.2. The van der Waals surface area contributed by atoms with Crippen LogP contribution in [-0.2, 0) is 17.4 Å². The second-order valence-corrected chi connectivity index (χ2v) is 8.41. The van der Waals surface area contributed by atoms with Gasteiger partial charge in [-0.15, -0.1) is 11.3 Å². The molecule has 0 unspecified atom stereocenters. The smallest absolute Gasteiger partial charge is 0.416 e. The van der Waals surface area contributed by atoms with E-state index in [9.17, 15) is 18.0 Å². The van der Waals surface area contributed by atoms with Gasteiger partial charge in [-0.2, -0.15) is 13.2 Å². The van der Waals surface area contributed by atoms with Gasteiger partial charge >= 0.3 is 12.1 Å². The highest BCUT2D eigenvalue weighted by Crippen LogP contribution is 2.39. The Morgan fingerprint density at radius 2 is 1.94 bits per heavy atom. The van der Waals surface area contributed by atoms with Crippen molar-refractivity contribution in [1.82, 2.24) is 0 Å². The fraction of sp³-hybridized carbons (Fsp3) is 0.261. The van der Waals surface area contributed by atoms with Crippen LogP contribution < -0.4 is 9.64 Å². The van der Waals surface area contributed by atoms with E-state index in [1.807, 2.05) is 28.5 Å². The summed E-state index contributed by atoms with van der Waals surface area (Å²) < 4.78 is 45.9. The fourth-order valence-corrected chi connectivity index (χ4v) is 4.18. The second kappa shape index (κ2) is 8.63. The molecule has 0 amide bonds. The molecule has 0 radical (unpaired) electrons. The van der Waals surface area contributed by atoms with Crippen molar-refractivity contribution < 1.29 is 27.8 Å². The maximum atomic E-state index is 13.3. The van der Waals surface area contributed by atoms with Crippen LogP contribution in [0.3, 0.4) is 0 Å². The van der Waals surface area contributed by atoms with Gasteiger partial charge in [-0.05, 0) is 47.3 Å². The van der Waals surface area contributed by atoms with E-state index in [0.29, 0.717) is 43.0 Å². The summed E-state index contributed by atoms with van der Waals surface area (Å²) in [6.07, 6.45) is -3.80. The van der Waals surface area contributed by atoms with Gasteiger partial charge in [0.05, 0.1) is 18.1 Å². The predicted octanol–water partition coefficient (Wildman–Crippen LogP) is 5.58. The van der Waals surface area contributed by atoms with Gasteiger partial charge in [-0.3, -0.25) is 4.79 Å². The highest BCUT2D eigenvalue weighted by atomic mass is 32.1. The number of thiophene rings is 1. The largest absolute Gasteiger partial charge is 0.493 e. The Labute approximate surface area is 181 Å². The number of anilines is 1. The van der Waals surface area contributed by atoms with E-state index < -0.39 is 23.6 Å². The lowest BCUT2D eigenvalue weighted by atomic mass is 9.97. The van der Waals surface area contributed by atoms with E-state index >= 15 is 0 Å².